The van der Waals surface area contributed by atoms with Crippen LogP contribution in [0.25, 0.3) is 0 Å². The molecule has 2 fully saturated rings. The molecule has 0 spiro atoms. The number of carbonyl (C=O) groups is 1. The Bertz CT molecular complexity index is 1080. The SMILES string of the molecule is O=C(Nc1cc(F)c(F)c(F)c1)c1ccc(Cl)c(S(=O)(=O)C2C3CCCC2CC3)c1. The molecule has 0 heterocycles. The van der Waals surface area contributed by atoms with Crippen LogP contribution >= 0.6 is 11.6 Å². The lowest BCUT2D eigenvalue weighted by atomic mass is 9.89. The summed E-state index contributed by atoms with van der Waals surface area (Å²) in [5.41, 5.74) is -0.327. The van der Waals surface area contributed by atoms with E-state index in [9.17, 15) is 26.4 Å². The topological polar surface area (TPSA) is 63.2 Å². The van der Waals surface area contributed by atoms with E-state index in [1.54, 1.807) is 0 Å². The molecule has 0 aliphatic heterocycles. The molecule has 30 heavy (non-hydrogen) atoms. The van der Waals surface area contributed by atoms with Crippen LogP contribution in [0.2, 0.25) is 5.02 Å². The van der Waals surface area contributed by atoms with Crippen molar-refractivity contribution < 1.29 is 26.4 Å². The van der Waals surface area contributed by atoms with Gasteiger partial charge in [0, 0.05) is 23.4 Å². The summed E-state index contributed by atoms with van der Waals surface area (Å²) in [6.45, 7) is 0. The molecule has 4 nitrogen and oxygen atoms in total. The van der Waals surface area contributed by atoms with E-state index in [-0.39, 0.29) is 33.0 Å². The second kappa shape index (κ2) is 7.89. The first-order valence-electron chi connectivity index (χ1n) is 9.68. The molecule has 2 aromatic rings. The number of benzene rings is 2. The highest BCUT2D eigenvalue weighted by Crippen LogP contribution is 2.48. The standard InChI is InChI=1S/C21H19ClF3NO3S/c22-15-7-6-13(21(27)26-14-9-16(23)19(25)17(24)10-14)8-18(15)30(28,29)20-11-2-1-3-12(20)5-4-11/h6-12,20H,1-5H2,(H,26,27). The lowest BCUT2D eigenvalue weighted by molar-refractivity contribution is 0.102. The minimum Gasteiger partial charge on any atom is -0.322 e. The van der Waals surface area contributed by atoms with Gasteiger partial charge >= 0.3 is 0 Å². The number of halogens is 4. The number of rotatable bonds is 4. The molecule has 1 N–H and O–H groups in total. The minimum atomic E-state index is -3.76. The summed E-state index contributed by atoms with van der Waals surface area (Å²) < 4.78 is 66.6. The Kier molecular flexibility index (Phi) is 5.57. The van der Waals surface area contributed by atoms with E-state index in [1.165, 1.54) is 18.2 Å². The van der Waals surface area contributed by atoms with Gasteiger partial charge in [0.05, 0.1) is 15.2 Å². The van der Waals surface area contributed by atoms with Gasteiger partial charge in [-0.2, -0.15) is 0 Å². The van der Waals surface area contributed by atoms with Crippen LogP contribution in [0.1, 0.15) is 42.5 Å². The van der Waals surface area contributed by atoms with Crippen molar-refractivity contribution in [3.8, 4) is 0 Å². The van der Waals surface area contributed by atoms with E-state index in [2.05, 4.69) is 5.32 Å². The van der Waals surface area contributed by atoms with Crippen LogP contribution in [0, 0.1) is 29.3 Å². The highest BCUT2D eigenvalue weighted by Gasteiger charge is 2.47. The average molecular weight is 458 g/mol. The van der Waals surface area contributed by atoms with Crippen LogP contribution in [-0.2, 0) is 9.84 Å². The van der Waals surface area contributed by atoms with Crippen molar-refractivity contribution in [2.24, 2.45) is 11.8 Å². The monoisotopic (exact) mass is 457 g/mol. The summed E-state index contributed by atoms with van der Waals surface area (Å²) in [4.78, 5) is 12.4. The van der Waals surface area contributed by atoms with Crippen molar-refractivity contribution in [2.45, 2.75) is 42.2 Å². The third-order valence-corrected chi connectivity index (χ3v) is 8.97. The number of carbonyl (C=O) groups excluding carboxylic acids is 1. The maximum absolute atomic E-state index is 13.4. The summed E-state index contributed by atoms with van der Waals surface area (Å²) in [6, 6.07) is 5.12. The molecule has 4 rings (SSSR count). The van der Waals surface area contributed by atoms with Crippen molar-refractivity contribution >= 4 is 33.0 Å². The third kappa shape index (κ3) is 3.71. The molecular weight excluding hydrogens is 439 g/mol. The normalized spacial score (nSPS) is 23.4. The average Bonchev–Trinajstić information content (AvgIpc) is 2.96. The quantitative estimate of drug-likeness (QED) is 0.628. The lowest BCUT2D eigenvalue weighted by Crippen LogP contribution is -2.34. The Balaban J connectivity index is 1.64. The van der Waals surface area contributed by atoms with Gasteiger partial charge < -0.3 is 5.32 Å². The van der Waals surface area contributed by atoms with Crippen molar-refractivity contribution in [3.63, 3.8) is 0 Å². The summed E-state index contributed by atoms with van der Waals surface area (Å²) in [5.74, 6) is -5.15. The smallest absolute Gasteiger partial charge is 0.255 e. The van der Waals surface area contributed by atoms with E-state index < -0.39 is 38.4 Å². The number of hydrogen-bond acceptors (Lipinski definition) is 3. The largest absolute Gasteiger partial charge is 0.322 e. The maximum Gasteiger partial charge on any atom is 0.255 e. The lowest BCUT2D eigenvalue weighted by Gasteiger charge is -2.30. The minimum absolute atomic E-state index is 0.0235. The van der Waals surface area contributed by atoms with Crippen LogP contribution in [0.4, 0.5) is 18.9 Å². The zero-order valence-electron chi connectivity index (χ0n) is 15.8. The van der Waals surface area contributed by atoms with Gasteiger partial charge in [0.15, 0.2) is 27.3 Å². The molecule has 2 aromatic carbocycles. The van der Waals surface area contributed by atoms with Crippen LogP contribution in [0.5, 0.6) is 0 Å². The number of fused-ring (bicyclic) bond motifs is 2. The second-order valence-corrected chi connectivity index (χ2v) is 10.4. The fourth-order valence-electron chi connectivity index (χ4n) is 4.75. The van der Waals surface area contributed by atoms with Gasteiger partial charge in [0.2, 0.25) is 0 Å². The van der Waals surface area contributed by atoms with Crippen LogP contribution in [0.3, 0.4) is 0 Å². The molecule has 9 heteroatoms. The van der Waals surface area contributed by atoms with Gasteiger partial charge in [-0.1, -0.05) is 18.0 Å². The summed E-state index contributed by atoms with van der Waals surface area (Å²) >= 11 is 6.19. The molecular formula is C21H19ClF3NO3S. The Morgan fingerprint density at radius 2 is 1.57 bits per heavy atom. The summed E-state index contributed by atoms with van der Waals surface area (Å²) in [7, 11) is -3.76. The Hall–Kier alpha value is -2.06. The number of amides is 1. The maximum atomic E-state index is 13.4. The van der Waals surface area contributed by atoms with E-state index >= 15 is 0 Å². The van der Waals surface area contributed by atoms with Crippen LogP contribution in [-0.4, -0.2) is 19.6 Å². The molecule has 2 aliphatic carbocycles. The van der Waals surface area contributed by atoms with Gasteiger partial charge in [-0.25, -0.2) is 21.6 Å². The molecule has 2 aliphatic rings. The molecule has 0 saturated heterocycles. The predicted octanol–water partition coefficient (Wildman–Crippen LogP) is 5.36. The number of anilines is 1. The first kappa shape index (κ1) is 21.2. The first-order valence-corrected chi connectivity index (χ1v) is 11.6. The highest BCUT2D eigenvalue weighted by molar-refractivity contribution is 7.92. The molecule has 2 atom stereocenters. The van der Waals surface area contributed by atoms with E-state index in [4.69, 9.17) is 11.6 Å². The van der Waals surface area contributed by atoms with Crippen LogP contribution in [0.15, 0.2) is 35.2 Å². The van der Waals surface area contributed by atoms with Gasteiger partial charge in [-0.3, -0.25) is 4.79 Å². The van der Waals surface area contributed by atoms with Gasteiger partial charge in [0.25, 0.3) is 5.91 Å². The first-order chi connectivity index (χ1) is 14.2. The number of sulfone groups is 1. The third-order valence-electron chi connectivity index (χ3n) is 6.09. The van der Waals surface area contributed by atoms with Crippen molar-refractivity contribution in [3.05, 3.63) is 58.4 Å². The molecule has 160 valence electrons. The van der Waals surface area contributed by atoms with E-state index in [0.717, 1.165) is 32.1 Å². The number of hydrogen-bond donors (Lipinski definition) is 1. The molecule has 2 unspecified atom stereocenters. The molecule has 0 radical (unpaired) electrons. The number of nitrogens with one attached hydrogen (secondary N) is 1. The van der Waals surface area contributed by atoms with Crippen molar-refractivity contribution in [1.82, 2.24) is 0 Å². The van der Waals surface area contributed by atoms with E-state index in [1.807, 2.05) is 0 Å². The zero-order chi connectivity index (χ0) is 21.6. The Morgan fingerprint density at radius 3 is 2.17 bits per heavy atom. The van der Waals surface area contributed by atoms with Gasteiger partial charge in [0.1, 0.15) is 0 Å². The molecule has 1 amide bonds. The second-order valence-electron chi connectivity index (χ2n) is 7.89. The van der Waals surface area contributed by atoms with Crippen molar-refractivity contribution in [2.75, 3.05) is 5.32 Å². The summed E-state index contributed by atoms with van der Waals surface area (Å²) in [5, 5.41) is 1.76. The fourth-order valence-corrected chi connectivity index (χ4v) is 7.67. The van der Waals surface area contributed by atoms with Crippen molar-refractivity contribution in [1.29, 1.82) is 0 Å². The zero-order valence-corrected chi connectivity index (χ0v) is 17.4. The Labute approximate surface area is 177 Å². The van der Waals surface area contributed by atoms with Gasteiger partial charge in [-0.05, 0) is 55.7 Å². The molecule has 2 bridgehead atoms. The fraction of sp³-hybridized carbons (Fsp3) is 0.381. The Morgan fingerprint density at radius 1 is 0.967 bits per heavy atom. The predicted molar refractivity (Wildman–Crippen MR) is 107 cm³/mol. The highest BCUT2D eigenvalue weighted by atomic mass is 35.5. The molecule has 0 aromatic heterocycles. The molecule has 2 saturated carbocycles. The van der Waals surface area contributed by atoms with Crippen LogP contribution < -0.4 is 5.32 Å². The summed E-state index contributed by atoms with van der Waals surface area (Å²) in [6.07, 6.45) is 4.48. The van der Waals surface area contributed by atoms with E-state index in [0.29, 0.717) is 12.1 Å². The van der Waals surface area contributed by atoms with Gasteiger partial charge in [-0.15, -0.1) is 0 Å².